The van der Waals surface area contributed by atoms with Crippen LogP contribution in [-0.4, -0.2) is 35.9 Å². The van der Waals surface area contributed by atoms with Crippen LogP contribution in [0.5, 0.6) is 11.5 Å². The Morgan fingerprint density at radius 1 is 1.31 bits per heavy atom. The number of fused-ring (bicyclic) bond motifs is 1. The molecule has 0 unspecified atom stereocenters. The molecule has 0 radical (unpaired) electrons. The van der Waals surface area contributed by atoms with Gasteiger partial charge in [-0.3, -0.25) is 10.2 Å². The molecule has 1 N–H and O–H groups in total. The second-order valence-corrected chi connectivity index (χ2v) is 5.93. The van der Waals surface area contributed by atoms with Crippen LogP contribution in [0.15, 0.2) is 34.5 Å². The van der Waals surface area contributed by atoms with E-state index in [4.69, 9.17) is 31.3 Å². The van der Waals surface area contributed by atoms with Crippen molar-refractivity contribution < 1.29 is 19.1 Å². The van der Waals surface area contributed by atoms with E-state index in [1.807, 2.05) is 13.8 Å². The van der Waals surface area contributed by atoms with Crippen molar-refractivity contribution in [3.63, 3.8) is 0 Å². The van der Waals surface area contributed by atoms with Crippen molar-refractivity contribution in [1.29, 1.82) is 5.41 Å². The molecule has 7 nitrogen and oxygen atoms in total. The van der Waals surface area contributed by atoms with E-state index in [0.29, 0.717) is 46.9 Å². The second kappa shape index (κ2) is 7.21. The summed E-state index contributed by atoms with van der Waals surface area (Å²) in [6.07, 6.45) is 3.14. The van der Waals surface area contributed by atoms with Crippen molar-refractivity contribution in [2.75, 3.05) is 13.2 Å². The average Bonchev–Trinajstić information content (AvgIpc) is 2.95. The third-order valence-corrected chi connectivity index (χ3v) is 3.89. The molecule has 0 spiro atoms. The SMILES string of the molecule is CCOc1cc(/C=C2/C(=N)N3OC(C)=CC3=NC2=O)cc(Cl)c1OCC. The first-order valence-electron chi connectivity index (χ1n) is 8.13. The highest BCUT2D eigenvalue weighted by Crippen LogP contribution is 2.37. The van der Waals surface area contributed by atoms with Gasteiger partial charge in [0.05, 0.1) is 23.8 Å². The lowest BCUT2D eigenvalue weighted by atomic mass is 10.1. The Balaban J connectivity index is 2.00. The molecule has 8 heteroatoms. The molecule has 2 heterocycles. The number of hydroxylamine groups is 2. The normalized spacial score (nSPS) is 17.7. The molecule has 0 aliphatic carbocycles. The van der Waals surface area contributed by atoms with Gasteiger partial charge in [-0.05, 0) is 44.5 Å². The second-order valence-electron chi connectivity index (χ2n) is 5.52. The van der Waals surface area contributed by atoms with Crippen molar-refractivity contribution in [1.82, 2.24) is 5.06 Å². The van der Waals surface area contributed by atoms with Crippen LogP contribution < -0.4 is 9.47 Å². The van der Waals surface area contributed by atoms with E-state index in [2.05, 4.69) is 4.99 Å². The Bertz CT molecular complexity index is 873. The largest absolute Gasteiger partial charge is 0.490 e. The number of rotatable bonds is 5. The first kappa shape index (κ1) is 18.0. The number of halogens is 1. The summed E-state index contributed by atoms with van der Waals surface area (Å²) >= 11 is 6.30. The molecular weight excluding hydrogens is 358 g/mol. The molecule has 0 fully saturated rings. The fraction of sp³-hybridized carbons (Fsp3) is 0.278. The van der Waals surface area contributed by atoms with Crippen LogP contribution in [-0.2, 0) is 9.63 Å². The minimum Gasteiger partial charge on any atom is -0.490 e. The van der Waals surface area contributed by atoms with Gasteiger partial charge < -0.3 is 14.3 Å². The minimum absolute atomic E-state index is 0.0870. The fourth-order valence-electron chi connectivity index (χ4n) is 2.59. The Kier molecular flexibility index (Phi) is 4.99. The molecule has 3 rings (SSSR count). The molecule has 0 bridgehead atoms. The maximum atomic E-state index is 12.3. The molecule has 0 atom stereocenters. The Hall–Kier alpha value is -2.80. The van der Waals surface area contributed by atoms with Gasteiger partial charge in [-0.1, -0.05) is 11.6 Å². The van der Waals surface area contributed by atoms with E-state index in [-0.39, 0.29) is 11.4 Å². The van der Waals surface area contributed by atoms with E-state index in [0.717, 1.165) is 0 Å². The van der Waals surface area contributed by atoms with Crippen LogP contribution >= 0.6 is 11.6 Å². The highest BCUT2D eigenvalue weighted by molar-refractivity contribution is 6.33. The first-order valence-corrected chi connectivity index (χ1v) is 8.51. The van der Waals surface area contributed by atoms with Crippen molar-refractivity contribution in [3.8, 4) is 11.5 Å². The summed E-state index contributed by atoms with van der Waals surface area (Å²) in [6.45, 7) is 6.31. The number of nitrogens with one attached hydrogen (secondary N) is 1. The predicted molar refractivity (Wildman–Crippen MR) is 98.6 cm³/mol. The summed E-state index contributed by atoms with van der Waals surface area (Å²) in [5.41, 5.74) is 0.692. The van der Waals surface area contributed by atoms with Crippen LogP contribution in [0.2, 0.25) is 5.02 Å². The predicted octanol–water partition coefficient (Wildman–Crippen LogP) is 3.59. The number of nitrogens with zero attached hydrogens (tertiary/aromatic N) is 2. The lowest BCUT2D eigenvalue weighted by Gasteiger charge is -2.23. The molecule has 2 aliphatic rings. The van der Waals surface area contributed by atoms with E-state index < -0.39 is 5.91 Å². The summed E-state index contributed by atoms with van der Waals surface area (Å²) in [7, 11) is 0. The molecule has 1 aromatic rings. The highest BCUT2D eigenvalue weighted by atomic mass is 35.5. The van der Waals surface area contributed by atoms with Gasteiger partial charge in [0, 0.05) is 6.08 Å². The smallest absolute Gasteiger partial charge is 0.282 e. The van der Waals surface area contributed by atoms with E-state index in [1.54, 1.807) is 25.1 Å². The lowest BCUT2D eigenvalue weighted by Crippen LogP contribution is -2.38. The summed E-state index contributed by atoms with van der Waals surface area (Å²) in [4.78, 5) is 21.7. The highest BCUT2D eigenvalue weighted by Gasteiger charge is 2.34. The number of ether oxygens (including phenoxy) is 2. The van der Waals surface area contributed by atoms with Crippen LogP contribution in [0, 0.1) is 5.41 Å². The summed E-state index contributed by atoms with van der Waals surface area (Å²) in [5, 5.41) is 9.82. The summed E-state index contributed by atoms with van der Waals surface area (Å²) in [5.74, 6) is 1.18. The minimum atomic E-state index is -0.515. The zero-order valence-corrected chi connectivity index (χ0v) is 15.4. The molecule has 0 saturated heterocycles. The maximum absolute atomic E-state index is 12.3. The van der Waals surface area contributed by atoms with E-state index in [1.165, 1.54) is 11.1 Å². The van der Waals surface area contributed by atoms with Crippen LogP contribution in [0.1, 0.15) is 26.3 Å². The van der Waals surface area contributed by atoms with Gasteiger partial charge in [-0.15, -0.1) is 5.06 Å². The van der Waals surface area contributed by atoms with Crippen molar-refractivity contribution in [3.05, 3.63) is 40.1 Å². The van der Waals surface area contributed by atoms with E-state index >= 15 is 0 Å². The zero-order chi connectivity index (χ0) is 18.8. The van der Waals surface area contributed by atoms with Gasteiger partial charge in [0.2, 0.25) is 0 Å². The standard InChI is InChI=1S/C18H18ClN3O4/c1-4-24-14-9-11(8-13(19)16(14)25-5-2)7-12-17(20)22-15(21-18(12)23)6-10(3)26-22/h6-9,20H,4-5H2,1-3H3/b12-7-,20-17?. The summed E-state index contributed by atoms with van der Waals surface area (Å²) < 4.78 is 11.1. The molecular formula is C18H18ClN3O4. The van der Waals surface area contributed by atoms with Gasteiger partial charge in [-0.2, -0.15) is 4.99 Å². The quantitative estimate of drug-likeness (QED) is 0.795. The zero-order valence-electron chi connectivity index (χ0n) is 14.6. The molecule has 26 heavy (non-hydrogen) atoms. The monoisotopic (exact) mass is 375 g/mol. The summed E-state index contributed by atoms with van der Waals surface area (Å²) in [6, 6.07) is 3.36. The first-order chi connectivity index (χ1) is 12.4. The number of aliphatic imine (C=N–C) groups is 1. The van der Waals surface area contributed by atoms with Gasteiger partial charge in [0.1, 0.15) is 5.76 Å². The third-order valence-electron chi connectivity index (χ3n) is 3.61. The molecule has 0 aromatic heterocycles. The average molecular weight is 376 g/mol. The Morgan fingerprint density at radius 2 is 2.04 bits per heavy atom. The lowest BCUT2D eigenvalue weighted by molar-refractivity contribution is -0.114. The number of carbonyl (C=O) groups is 1. The van der Waals surface area contributed by atoms with Gasteiger partial charge in [0.15, 0.2) is 23.2 Å². The van der Waals surface area contributed by atoms with Gasteiger partial charge >= 0.3 is 0 Å². The van der Waals surface area contributed by atoms with Crippen molar-refractivity contribution in [2.45, 2.75) is 20.8 Å². The number of amidine groups is 2. The van der Waals surface area contributed by atoms with Crippen molar-refractivity contribution in [2.24, 2.45) is 4.99 Å². The van der Waals surface area contributed by atoms with Gasteiger partial charge in [0.25, 0.3) is 5.91 Å². The molecule has 136 valence electrons. The molecule has 2 aliphatic heterocycles. The van der Waals surface area contributed by atoms with Crippen LogP contribution in [0.3, 0.4) is 0 Å². The third kappa shape index (κ3) is 3.30. The number of benzene rings is 1. The Morgan fingerprint density at radius 3 is 2.73 bits per heavy atom. The molecule has 0 saturated carbocycles. The Labute approximate surface area is 156 Å². The van der Waals surface area contributed by atoms with Gasteiger partial charge in [-0.25, -0.2) is 0 Å². The van der Waals surface area contributed by atoms with E-state index in [9.17, 15) is 4.79 Å². The fourth-order valence-corrected chi connectivity index (χ4v) is 2.86. The number of hydrogen-bond donors (Lipinski definition) is 1. The van der Waals surface area contributed by atoms with Crippen molar-refractivity contribution >= 4 is 35.3 Å². The topological polar surface area (TPSA) is 84.2 Å². The van der Waals surface area contributed by atoms with Crippen LogP contribution in [0.25, 0.3) is 6.08 Å². The number of allylic oxidation sites excluding steroid dienone is 1. The number of carbonyl (C=O) groups excluding carboxylic acids is 1. The number of hydrogen-bond acceptors (Lipinski definition) is 5. The number of amides is 1. The van der Waals surface area contributed by atoms with Crippen LogP contribution in [0.4, 0.5) is 0 Å². The molecule has 1 aromatic carbocycles. The molecule has 1 amide bonds. The maximum Gasteiger partial charge on any atom is 0.282 e.